The van der Waals surface area contributed by atoms with Gasteiger partial charge in [0.15, 0.2) is 5.78 Å². The molecule has 0 amide bonds. The van der Waals surface area contributed by atoms with Crippen LogP contribution in [0.1, 0.15) is 141 Å². The van der Waals surface area contributed by atoms with Crippen molar-refractivity contribution in [2.45, 2.75) is 126 Å². The van der Waals surface area contributed by atoms with Crippen LogP contribution in [0.2, 0.25) is 0 Å². The molecule has 0 spiro atoms. The number of aliphatic imine (C=N–C) groups is 1. The van der Waals surface area contributed by atoms with Crippen molar-refractivity contribution >= 4 is 22.9 Å². The Hall–Kier alpha value is -3.66. The molecule has 0 fully saturated rings. The second kappa shape index (κ2) is 25.3. The number of rotatable bonds is 16. The first kappa shape index (κ1) is 48.3. The van der Waals surface area contributed by atoms with E-state index in [9.17, 15) is 31.1 Å². The van der Waals surface area contributed by atoms with Crippen molar-refractivity contribution in [1.29, 1.82) is 0 Å². The largest absolute Gasteiger partial charge is 0.416 e. The van der Waals surface area contributed by atoms with Crippen molar-refractivity contribution in [3.8, 4) is 0 Å². The predicted molar refractivity (Wildman–Crippen MR) is 208 cm³/mol. The fraction of sp³-hybridized carbons (Fsp3) is 0.524. The van der Waals surface area contributed by atoms with Gasteiger partial charge in [0.05, 0.1) is 11.1 Å². The molecule has 0 saturated heterocycles. The summed E-state index contributed by atoms with van der Waals surface area (Å²) in [6.45, 7) is 20.0. The molecule has 0 unspecified atom stereocenters. The first-order valence-electron chi connectivity index (χ1n) is 18.5. The maximum Gasteiger partial charge on any atom is 0.416 e. The normalized spacial score (nSPS) is 12.9. The second-order valence-electron chi connectivity index (χ2n) is 12.4. The molecular weight excluding hydrogens is 676 g/mol. The Bertz CT molecular complexity index is 1420. The molecular formula is C42H61F6N3O. The van der Waals surface area contributed by atoms with E-state index in [-0.39, 0.29) is 23.4 Å². The highest BCUT2D eigenvalue weighted by molar-refractivity contribution is 5.96. The van der Waals surface area contributed by atoms with E-state index in [1.807, 2.05) is 46.8 Å². The average Bonchev–Trinajstić information content (AvgIpc) is 3.09. The van der Waals surface area contributed by atoms with Gasteiger partial charge in [0.2, 0.25) is 0 Å². The number of allylic oxidation sites excluding steroid dienone is 5. The van der Waals surface area contributed by atoms with Gasteiger partial charge in [-0.3, -0.25) is 4.79 Å². The van der Waals surface area contributed by atoms with E-state index in [0.717, 1.165) is 48.0 Å². The molecule has 0 saturated carbocycles. The molecule has 292 valence electrons. The lowest BCUT2D eigenvalue weighted by atomic mass is 9.91. The van der Waals surface area contributed by atoms with Gasteiger partial charge in [0.1, 0.15) is 5.84 Å². The Balaban J connectivity index is 0.00000186. The lowest BCUT2D eigenvalue weighted by Crippen LogP contribution is -2.20. The van der Waals surface area contributed by atoms with Gasteiger partial charge in [-0.15, -0.1) is 0 Å². The van der Waals surface area contributed by atoms with Crippen molar-refractivity contribution < 1.29 is 31.1 Å². The molecule has 2 rings (SSSR count). The van der Waals surface area contributed by atoms with Gasteiger partial charge in [-0.2, -0.15) is 26.3 Å². The van der Waals surface area contributed by atoms with Gasteiger partial charge in [-0.05, 0) is 102 Å². The standard InChI is InChI=1S/C31H34F6N2O.C9H21N.C2H6/c1-6-8-10-20(3)29(28(11-9-7-2)24-14-12-23(13-15-24)21(4)40)19-38-22(5)39-27-17-25(30(32,33)34)16-26(18-27)31(35,36)37;1-4-6-7-9-10(3)8-5-2;1-2/h10-19H,6-9H2,1-5H3,(H,38,39);4-9H2,1-3H3;1-2H3/b20-10+,28-11-,29-19+;;. The Morgan fingerprint density at radius 1 is 0.731 bits per heavy atom. The van der Waals surface area contributed by atoms with Crippen LogP contribution >= 0.6 is 0 Å². The van der Waals surface area contributed by atoms with Gasteiger partial charge in [0, 0.05) is 23.0 Å². The number of carbonyl (C=O) groups excluding carboxylic acids is 1. The van der Waals surface area contributed by atoms with Crippen LogP contribution in [-0.2, 0) is 12.4 Å². The number of anilines is 1. The molecule has 0 aromatic heterocycles. The number of nitrogens with one attached hydrogen (secondary N) is 1. The number of alkyl halides is 6. The third-order valence-electron chi connectivity index (χ3n) is 7.74. The molecule has 0 bridgehead atoms. The molecule has 0 aliphatic heterocycles. The minimum absolute atomic E-state index is 0.0602. The summed E-state index contributed by atoms with van der Waals surface area (Å²) in [7, 11) is 2.21. The van der Waals surface area contributed by atoms with E-state index in [1.54, 1.807) is 18.3 Å². The first-order valence-corrected chi connectivity index (χ1v) is 18.5. The number of amidine groups is 1. The van der Waals surface area contributed by atoms with Crippen molar-refractivity contribution in [3.05, 3.63) is 94.2 Å². The number of hydrogen-bond acceptors (Lipinski definition) is 3. The van der Waals surface area contributed by atoms with Gasteiger partial charge >= 0.3 is 12.4 Å². The molecule has 1 N–H and O–H groups in total. The van der Waals surface area contributed by atoms with Crippen molar-refractivity contribution in [2.75, 3.05) is 25.5 Å². The first-order chi connectivity index (χ1) is 24.5. The maximum atomic E-state index is 13.3. The SMILES string of the molecule is CC.CCCCCN(C)CCC.CCC\C=C(C(=C/N=C(C)Nc1cc(C(F)(F)F)cc(C(F)(F)F)c1)/C(C)=C/CCC)\c1ccc(C(C)=O)cc1. The van der Waals surface area contributed by atoms with Crippen molar-refractivity contribution in [1.82, 2.24) is 4.90 Å². The summed E-state index contributed by atoms with van der Waals surface area (Å²) in [6.07, 6.45) is 4.48. The molecule has 52 heavy (non-hydrogen) atoms. The zero-order valence-electron chi connectivity index (χ0n) is 32.9. The quantitative estimate of drug-likeness (QED) is 0.0466. The smallest absolute Gasteiger partial charge is 0.344 e. The van der Waals surface area contributed by atoms with E-state index >= 15 is 0 Å². The van der Waals surface area contributed by atoms with E-state index in [4.69, 9.17) is 0 Å². The third kappa shape index (κ3) is 18.7. The highest BCUT2D eigenvalue weighted by Crippen LogP contribution is 2.37. The fourth-order valence-electron chi connectivity index (χ4n) is 4.97. The molecule has 2 aromatic rings. The number of unbranched alkanes of at least 4 members (excludes halogenated alkanes) is 4. The van der Waals surface area contributed by atoms with Crippen LogP contribution in [0.4, 0.5) is 32.0 Å². The van der Waals surface area contributed by atoms with Crippen molar-refractivity contribution in [3.63, 3.8) is 0 Å². The minimum Gasteiger partial charge on any atom is -0.344 e. The van der Waals surface area contributed by atoms with Gasteiger partial charge < -0.3 is 10.2 Å². The minimum atomic E-state index is -4.95. The summed E-state index contributed by atoms with van der Waals surface area (Å²) in [5, 5.41) is 2.58. The molecule has 2 aromatic carbocycles. The summed E-state index contributed by atoms with van der Waals surface area (Å²) in [5.74, 6) is 0.0463. The highest BCUT2D eigenvalue weighted by atomic mass is 19.4. The molecule has 0 heterocycles. The number of nitrogens with zero attached hydrogens (tertiary/aromatic N) is 2. The molecule has 0 atom stereocenters. The van der Waals surface area contributed by atoms with Crippen LogP contribution < -0.4 is 5.32 Å². The predicted octanol–water partition coefficient (Wildman–Crippen LogP) is 13.8. The zero-order chi connectivity index (χ0) is 39.9. The number of ketones is 1. The lowest BCUT2D eigenvalue weighted by molar-refractivity contribution is -0.143. The van der Waals surface area contributed by atoms with Crippen LogP contribution in [0, 0.1) is 0 Å². The summed E-state index contributed by atoms with van der Waals surface area (Å²) in [5.41, 5.74) is 0.739. The second-order valence-corrected chi connectivity index (χ2v) is 12.4. The topological polar surface area (TPSA) is 44.7 Å². The van der Waals surface area contributed by atoms with Crippen LogP contribution in [0.15, 0.2) is 77.0 Å². The van der Waals surface area contributed by atoms with Crippen LogP contribution in [0.3, 0.4) is 0 Å². The maximum absolute atomic E-state index is 13.3. The Labute approximate surface area is 309 Å². The highest BCUT2D eigenvalue weighted by Gasteiger charge is 2.37. The third-order valence-corrected chi connectivity index (χ3v) is 7.74. The zero-order valence-corrected chi connectivity index (χ0v) is 32.9. The Kier molecular flexibility index (Phi) is 23.6. The Morgan fingerprint density at radius 2 is 1.25 bits per heavy atom. The van der Waals surface area contributed by atoms with Gasteiger partial charge in [-0.25, -0.2) is 4.99 Å². The molecule has 10 heteroatoms. The number of halogens is 6. The van der Waals surface area contributed by atoms with Crippen LogP contribution in [-0.4, -0.2) is 36.7 Å². The number of benzene rings is 2. The summed E-state index contributed by atoms with van der Waals surface area (Å²) < 4.78 is 79.6. The van der Waals surface area contributed by atoms with E-state index in [0.29, 0.717) is 17.7 Å². The Morgan fingerprint density at radius 3 is 1.71 bits per heavy atom. The van der Waals surface area contributed by atoms with Gasteiger partial charge in [-0.1, -0.05) is 104 Å². The summed E-state index contributed by atoms with van der Waals surface area (Å²) in [6, 6.07) is 8.48. The fourth-order valence-corrected chi connectivity index (χ4v) is 4.97. The van der Waals surface area contributed by atoms with E-state index < -0.39 is 23.5 Å². The summed E-state index contributed by atoms with van der Waals surface area (Å²) >= 11 is 0. The van der Waals surface area contributed by atoms with Crippen molar-refractivity contribution in [2.24, 2.45) is 4.99 Å². The van der Waals surface area contributed by atoms with E-state index in [2.05, 4.69) is 48.3 Å². The number of carbonyl (C=O) groups is 1. The van der Waals surface area contributed by atoms with Crippen LogP contribution in [0.5, 0.6) is 0 Å². The number of Topliss-reactive ketones (excluding diaryl/α,β-unsaturated/α-hetero) is 1. The molecule has 0 aliphatic carbocycles. The van der Waals surface area contributed by atoms with E-state index in [1.165, 1.54) is 52.6 Å². The van der Waals surface area contributed by atoms with Gasteiger partial charge in [0.25, 0.3) is 0 Å². The number of hydrogen-bond donors (Lipinski definition) is 1. The molecule has 0 radical (unpaired) electrons. The lowest BCUT2D eigenvalue weighted by Gasteiger charge is -2.16. The summed E-state index contributed by atoms with van der Waals surface area (Å²) in [4.78, 5) is 18.5. The van der Waals surface area contributed by atoms with Crippen LogP contribution in [0.25, 0.3) is 5.57 Å². The average molecular weight is 738 g/mol. The molecule has 4 nitrogen and oxygen atoms in total. The monoisotopic (exact) mass is 737 g/mol. The molecule has 0 aliphatic rings.